The highest BCUT2D eigenvalue weighted by molar-refractivity contribution is 6.03. The summed E-state index contributed by atoms with van der Waals surface area (Å²) in [6.45, 7) is 2.77. The monoisotopic (exact) mass is 417 g/mol. The second-order valence-corrected chi connectivity index (χ2v) is 9.64. The van der Waals surface area contributed by atoms with Gasteiger partial charge in [0.25, 0.3) is 0 Å². The number of Topliss-reactive ketones (excluding diaryl/α,β-unsaturated/α-hetero) is 1. The molecule has 4 rings (SSSR count). The van der Waals surface area contributed by atoms with E-state index in [0.717, 1.165) is 31.1 Å². The number of nitrogens with zero attached hydrogens (tertiary/aromatic N) is 1. The number of likely N-dealkylation sites (tertiary alicyclic amines) is 1. The van der Waals surface area contributed by atoms with Crippen molar-refractivity contribution in [3.8, 4) is 11.5 Å². The van der Waals surface area contributed by atoms with Crippen molar-refractivity contribution in [3.63, 3.8) is 0 Å². The molecule has 1 atom stereocenters. The zero-order chi connectivity index (χ0) is 21.1. The number of ketones is 1. The molecule has 1 saturated carbocycles. The molecule has 0 spiro atoms. The second kappa shape index (κ2) is 9.25. The maximum atomic E-state index is 15.7. The van der Waals surface area contributed by atoms with Gasteiger partial charge in [-0.1, -0.05) is 25.7 Å². The number of benzene rings is 1. The first-order valence-electron chi connectivity index (χ1n) is 11.7. The van der Waals surface area contributed by atoms with Crippen molar-refractivity contribution < 1.29 is 18.7 Å². The summed E-state index contributed by atoms with van der Waals surface area (Å²) in [5, 5.41) is 0. The molecular weight excluding hydrogens is 381 g/mol. The molecule has 5 heteroatoms. The molecule has 3 aliphatic rings. The lowest BCUT2D eigenvalue weighted by molar-refractivity contribution is 0.0304. The summed E-state index contributed by atoms with van der Waals surface area (Å²) in [5.41, 5.74) is 0.403. The van der Waals surface area contributed by atoms with E-state index in [0.29, 0.717) is 42.7 Å². The number of fused-ring (bicyclic) bond motifs is 1. The molecule has 1 aromatic rings. The van der Waals surface area contributed by atoms with Crippen LogP contribution < -0.4 is 9.47 Å². The number of hydrogen-bond acceptors (Lipinski definition) is 4. The third-order valence-electron chi connectivity index (χ3n) is 7.57. The van der Waals surface area contributed by atoms with Gasteiger partial charge in [-0.2, -0.15) is 0 Å². The molecule has 0 N–H and O–H groups in total. The van der Waals surface area contributed by atoms with Gasteiger partial charge in [-0.3, -0.25) is 4.79 Å². The topological polar surface area (TPSA) is 38.8 Å². The number of methoxy groups -OCH3 is 2. The standard InChI is InChI=1S/C25H36FNO3/c1-29-22-14-19-13-20(24(28)21(19)15-23(22)30-2)16-25(26)9-11-27(12-10-25)17-18-7-5-3-4-6-8-18/h14-15,18,20H,3-13,16-17H2,1-2H3/t20-/m0/s1. The molecule has 0 aromatic heterocycles. The first-order chi connectivity index (χ1) is 14.5. The Kier molecular flexibility index (Phi) is 6.66. The molecule has 0 bridgehead atoms. The molecule has 1 aliphatic heterocycles. The molecule has 4 nitrogen and oxygen atoms in total. The molecule has 166 valence electrons. The van der Waals surface area contributed by atoms with Crippen molar-refractivity contribution in [1.82, 2.24) is 4.90 Å². The summed E-state index contributed by atoms with van der Waals surface area (Å²) < 4.78 is 26.4. The molecule has 0 unspecified atom stereocenters. The van der Waals surface area contributed by atoms with Crippen molar-refractivity contribution in [2.24, 2.45) is 11.8 Å². The van der Waals surface area contributed by atoms with Crippen LogP contribution in [0.25, 0.3) is 0 Å². The van der Waals surface area contributed by atoms with E-state index in [1.54, 1.807) is 20.3 Å². The van der Waals surface area contributed by atoms with Crippen LogP contribution in [0.3, 0.4) is 0 Å². The quantitative estimate of drug-likeness (QED) is 0.595. The lowest BCUT2D eigenvalue weighted by Gasteiger charge is -2.38. The zero-order valence-electron chi connectivity index (χ0n) is 18.6. The Balaban J connectivity index is 1.34. The van der Waals surface area contributed by atoms with Crippen molar-refractivity contribution >= 4 is 5.78 Å². The predicted octanol–water partition coefficient (Wildman–Crippen LogP) is 5.22. The van der Waals surface area contributed by atoms with Gasteiger partial charge in [-0.15, -0.1) is 0 Å². The normalized spacial score (nSPS) is 25.0. The third kappa shape index (κ3) is 4.66. The van der Waals surface area contributed by atoms with Crippen LogP contribution in [0, 0.1) is 11.8 Å². The average Bonchev–Trinajstić information content (AvgIpc) is 2.91. The summed E-state index contributed by atoms with van der Waals surface area (Å²) >= 11 is 0. The maximum Gasteiger partial charge on any atom is 0.166 e. The molecule has 1 saturated heterocycles. The fourth-order valence-corrected chi connectivity index (χ4v) is 5.76. The number of carbonyl (C=O) groups is 1. The average molecular weight is 418 g/mol. The lowest BCUT2D eigenvalue weighted by atomic mass is 9.82. The fourth-order valence-electron chi connectivity index (χ4n) is 5.76. The second-order valence-electron chi connectivity index (χ2n) is 9.64. The van der Waals surface area contributed by atoms with Crippen molar-refractivity contribution in [2.45, 2.75) is 69.9 Å². The van der Waals surface area contributed by atoms with Crippen LogP contribution in [0.5, 0.6) is 11.5 Å². The van der Waals surface area contributed by atoms with Gasteiger partial charge in [-0.05, 0) is 62.1 Å². The van der Waals surface area contributed by atoms with E-state index < -0.39 is 5.67 Å². The van der Waals surface area contributed by atoms with E-state index in [9.17, 15) is 4.79 Å². The van der Waals surface area contributed by atoms with Gasteiger partial charge in [0, 0.05) is 31.1 Å². The number of halogens is 1. The summed E-state index contributed by atoms with van der Waals surface area (Å²) in [5.74, 6) is 1.77. The first kappa shape index (κ1) is 21.6. The molecule has 30 heavy (non-hydrogen) atoms. The highest BCUT2D eigenvalue weighted by Gasteiger charge is 2.42. The molecule has 0 radical (unpaired) electrons. The van der Waals surface area contributed by atoms with Crippen LogP contribution in [-0.2, 0) is 6.42 Å². The number of hydrogen-bond donors (Lipinski definition) is 0. The predicted molar refractivity (Wildman–Crippen MR) is 116 cm³/mol. The minimum Gasteiger partial charge on any atom is -0.493 e. The molecule has 0 amide bonds. The van der Waals surface area contributed by atoms with Gasteiger partial charge in [0.15, 0.2) is 17.3 Å². The van der Waals surface area contributed by atoms with Crippen molar-refractivity contribution in [1.29, 1.82) is 0 Å². The van der Waals surface area contributed by atoms with E-state index in [2.05, 4.69) is 4.90 Å². The van der Waals surface area contributed by atoms with Crippen LogP contribution in [0.2, 0.25) is 0 Å². The Morgan fingerprint density at radius 2 is 1.67 bits per heavy atom. The molecule has 1 aromatic carbocycles. The number of ether oxygens (including phenoxy) is 2. The smallest absolute Gasteiger partial charge is 0.166 e. The van der Waals surface area contributed by atoms with Gasteiger partial charge in [0.05, 0.1) is 14.2 Å². The summed E-state index contributed by atoms with van der Waals surface area (Å²) in [7, 11) is 3.17. The SMILES string of the molecule is COc1cc2c(cc1OC)C(=O)[C@H](CC1(F)CCN(CC3CCCCCC3)CC1)C2. The summed E-state index contributed by atoms with van der Waals surface area (Å²) in [6, 6.07) is 3.64. The Labute approximate surface area is 180 Å². The van der Waals surface area contributed by atoms with Crippen LogP contribution in [-0.4, -0.2) is 50.2 Å². The minimum atomic E-state index is -1.23. The van der Waals surface area contributed by atoms with E-state index in [1.807, 2.05) is 6.07 Å². The lowest BCUT2D eigenvalue weighted by Crippen LogP contribution is -2.44. The Morgan fingerprint density at radius 3 is 2.30 bits per heavy atom. The summed E-state index contributed by atoms with van der Waals surface area (Å²) in [6.07, 6.45) is 10.2. The third-order valence-corrected chi connectivity index (χ3v) is 7.57. The first-order valence-corrected chi connectivity index (χ1v) is 11.7. The Morgan fingerprint density at radius 1 is 1.03 bits per heavy atom. The van der Waals surface area contributed by atoms with Crippen LogP contribution >= 0.6 is 0 Å². The van der Waals surface area contributed by atoms with Crippen molar-refractivity contribution in [3.05, 3.63) is 23.3 Å². The Bertz CT molecular complexity index is 749. The van der Waals surface area contributed by atoms with Crippen LogP contribution in [0.1, 0.15) is 73.7 Å². The Hall–Kier alpha value is -1.62. The molecule has 2 aliphatic carbocycles. The highest BCUT2D eigenvalue weighted by Crippen LogP contribution is 2.42. The van der Waals surface area contributed by atoms with Gasteiger partial charge in [0.2, 0.25) is 0 Å². The van der Waals surface area contributed by atoms with Gasteiger partial charge < -0.3 is 14.4 Å². The highest BCUT2D eigenvalue weighted by atomic mass is 19.1. The number of alkyl halides is 1. The summed E-state index contributed by atoms with van der Waals surface area (Å²) in [4.78, 5) is 15.4. The minimum absolute atomic E-state index is 0.0591. The number of carbonyl (C=O) groups excluding carboxylic acids is 1. The number of rotatable bonds is 6. The fraction of sp³-hybridized carbons (Fsp3) is 0.720. The van der Waals surface area contributed by atoms with Gasteiger partial charge >= 0.3 is 0 Å². The van der Waals surface area contributed by atoms with Gasteiger partial charge in [0.1, 0.15) is 5.67 Å². The molecular formula is C25H36FNO3. The van der Waals surface area contributed by atoms with E-state index in [-0.39, 0.29) is 11.7 Å². The van der Waals surface area contributed by atoms with Crippen molar-refractivity contribution in [2.75, 3.05) is 33.9 Å². The molecule has 1 heterocycles. The van der Waals surface area contributed by atoms with Crippen LogP contribution in [0.15, 0.2) is 12.1 Å². The zero-order valence-corrected chi connectivity index (χ0v) is 18.6. The number of piperidine rings is 1. The van der Waals surface area contributed by atoms with E-state index in [4.69, 9.17) is 9.47 Å². The largest absolute Gasteiger partial charge is 0.493 e. The van der Waals surface area contributed by atoms with E-state index >= 15 is 4.39 Å². The maximum absolute atomic E-state index is 15.7. The molecule has 2 fully saturated rings. The van der Waals surface area contributed by atoms with Crippen LogP contribution in [0.4, 0.5) is 4.39 Å². The van der Waals surface area contributed by atoms with E-state index in [1.165, 1.54) is 38.5 Å². The van der Waals surface area contributed by atoms with Gasteiger partial charge in [-0.25, -0.2) is 4.39 Å².